The van der Waals surface area contributed by atoms with Crippen LogP contribution < -0.4 is 11.1 Å². The Morgan fingerprint density at radius 3 is 2.55 bits per heavy atom. The Morgan fingerprint density at radius 2 is 2.05 bits per heavy atom. The first-order valence-corrected chi connectivity index (χ1v) is 7.44. The van der Waals surface area contributed by atoms with Crippen molar-refractivity contribution in [2.24, 2.45) is 17.6 Å². The van der Waals surface area contributed by atoms with Gasteiger partial charge in [0, 0.05) is 38.6 Å². The van der Waals surface area contributed by atoms with Crippen LogP contribution in [0.25, 0.3) is 0 Å². The molecule has 130 valence electrons. The highest BCUT2D eigenvalue weighted by Crippen LogP contribution is 2.32. The van der Waals surface area contributed by atoms with Crippen molar-refractivity contribution in [1.29, 1.82) is 0 Å². The van der Waals surface area contributed by atoms with Crippen molar-refractivity contribution in [3.63, 3.8) is 0 Å². The number of amides is 2. The van der Waals surface area contributed by atoms with Crippen molar-refractivity contribution in [2.45, 2.75) is 25.3 Å². The van der Waals surface area contributed by atoms with Gasteiger partial charge in [-0.05, 0) is 32.9 Å². The fraction of sp³-hybridized carbons (Fsp3) is 0.857. The van der Waals surface area contributed by atoms with Crippen LogP contribution in [0.15, 0.2) is 0 Å². The second-order valence-electron chi connectivity index (χ2n) is 6.23. The predicted molar refractivity (Wildman–Crippen MR) is 91.4 cm³/mol. The van der Waals surface area contributed by atoms with Crippen molar-refractivity contribution in [1.82, 2.24) is 15.1 Å². The zero-order valence-electron chi connectivity index (χ0n) is 13.3. The number of nitrogens with zero attached hydrogens (tertiary/aromatic N) is 2. The Balaban J connectivity index is 0.00000220. The zero-order chi connectivity index (χ0) is 14.7. The Labute approximate surface area is 145 Å². The van der Waals surface area contributed by atoms with E-state index in [0.29, 0.717) is 32.0 Å². The van der Waals surface area contributed by atoms with Gasteiger partial charge in [0.15, 0.2) is 0 Å². The van der Waals surface area contributed by atoms with Gasteiger partial charge in [-0.3, -0.25) is 9.59 Å². The summed E-state index contributed by atoms with van der Waals surface area (Å²) in [5.74, 6) is 0.416. The molecule has 1 aliphatic heterocycles. The molecule has 0 aromatic heterocycles. The topological polar surface area (TPSA) is 78.7 Å². The number of hydrogen-bond acceptors (Lipinski definition) is 4. The normalized spacial score (nSPS) is 22.1. The third-order valence-electron chi connectivity index (χ3n) is 4.18. The summed E-state index contributed by atoms with van der Waals surface area (Å²) in [5.41, 5.74) is 5.70. The van der Waals surface area contributed by atoms with Gasteiger partial charge in [0.2, 0.25) is 11.8 Å². The second-order valence-corrected chi connectivity index (χ2v) is 6.23. The van der Waals surface area contributed by atoms with Crippen LogP contribution in [-0.4, -0.2) is 67.9 Å². The molecule has 0 bridgehead atoms. The van der Waals surface area contributed by atoms with Gasteiger partial charge in [-0.15, -0.1) is 24.8 Å². The molecule has 2 rings (SSSR count). The maximum absolute atomic E-state index is 12.2. The van der Waals surface area contributed by atoms with Crippen molar-refractivity contribution in [2.75, 3.05) is 40.3 Å². The lowest BCUT2D eigenvalue weighted by Gasteiger charge is -2.20. The number of likely N-dealkylation sites (tertiary alicyclic amines) is 1. The van der Waals surface area contributed by atoms with E-state index in [9.17, 15) is 9.59 Å². The van der Waals surface area contributed by atoms with E-state index < -0.39 is 0 Å². The van der Waals surface area contributed by atoms with E-state index >= 15 is 0 Å². The Kier molecular flexibility index (Phi) is 9.31. The lowest BCUT2D eigenvalue weighted by atomic mass is 10.1. The molecular formula is C14H28Cl2N4O2. The highest BCUT2D eigenvalue weighted by atomic mass is 35.5. The summed E-state index contributed by atoms with van der Waals surface area (Å²) in [4.78, 5) is 28.0. The zero-order valence-corrected chi connectivity index (χ0v) is 14.9. The minimum Gasteiger partial charge on any atom is -0.352 e. The molecule has 0 aromatic rings. The molecule has 8 heteroatoms. The number of nitrogens with two attached hydrogens (primary N) is 1. The van der Waals surface area contributed by atoms with Crippen LogP contribution in [0.1, 0.15) is 19.3 Å². The van der Waals surface area contributed by atoms with E-state index in [1.165, 1.54) is 0 Å². The summed E-state index contributed by atoms with van der Waals surface area (Å²) in [6, 6.07) is 0.0911. The Bertz CT molecular complexity index is 378. The first-order valence-electron chi connectivity index (χ1n) is 7.44. The molecule has 6 nitrogen and oxygen atoms in total. The Hall–Kier alpha value is -0.560. The number of rotatable bonds is 7. The van der Waals surface area contributed by atoms with Gasteiger partial charge < -0.3 is 20.9 Å². The summed E-state index contributed by atoms with van der Waals surface area (Å²) in [7, 11) is 3.96. The number of halogens is 2. The van der Waals surface area contributed by atoms with Crippen LogP contribution in [0.4, 0.5) is 0 Å². The molecule has 3 N–H and O–H groups in total. The largest absolute Gasteiger partial charge is 0.352 e. The van der Waals surface area contributed by atoms with Crippen LogP contribution >= 0.6 is 24.8 Å². The molecule has 1 saturated heterocycles. The van der Waals surface area contributed by atoms with Gasteiger partial charge in [0.1, 0.15) is 0 Å². The molecular weight excluding hydrogens is 327 g/mol. The molecule has 1 aliphatic carbocycles. The van der Waals surface area contributed by atoms with E-state index in [-0.39, 0.29) is 48.6 Å². The first kappa shape index (κ1) is 21.4. The van der Waals surface area contributed by atoms with E-state index in [0.717, 1.165) is 19.4 Å². The second kappa shape index (κ2) is 9.55. The molecule has 2 aliphatic rings. The molecule has 2 unspecified atom stereocenters. The maximum Gasteiger partial charge on any atom is 0.225 e. The van der Waals surface area contributed by atoms with Crippen molar-refractivity contribution < 1.29 is 9.59 Å². The third kappa shape index (κ3) is 5.91. The van der Waals surface area contributed by atoms with Crippen molar-refractivity contribution in [3.05, 3.63) is 0 Å². The van der Waals surface area contributed by atoms with Gasteiger partial charge in [-0.2, -0.15) is 0 Å². The molecule has 1 saturated carbocycles. The molecule has 2 atom stereocenters. The minimum atomic E-state index is -0.211. The molecule has 0 aromatic carbocycles. The molecule has 22 heavy (non-hydrogen) atoms. The van der Waals surface area contributed by atoms with E-state index in [1.807, 2.05) is 19.0 Å². The van der Waals surface area contributed by atoms with Crippen LogP contribution in [0.2, 0.25) is 0 Å². The van der Waals surface area contributed by atoms with E-state index in [2.05, 4.69) is 5.32 Å². The van der Waals surface area contributed by atoms with Crippen LogP contribution in [0.5, 0.6) is 0 Å². The van der Waals surface area contributed by atoms with Gasteiger partial charge >= 0.3 is 0 Å². The summed E-state index contributed by atoms with van der Waals surface area (Å²) >= 11 is 0. The number of carbonyl (C=O) groups is 2. The number of likely N-dealkylation sites (N-methyl/N-ethyl adjacent to an activating group) is 1. The van der Waals surface area contributed by atoms with Crippen LogP contribution in [0.3, 0.4) is 0 Å². The summed E-state index contributed by atoms with van der Waals surface area (Å²) in [6.45, 7) is 2.55. The maximum atomic E-state index is 12.2. The van der Waals surface area contributed by atoms with E-state index in [4.69, 9.17) is 5.73 Å². The fourth-order valence-electron chi connectivity index (χ4n) is 2.65. The summed E-state index contributed by atoms with van der Waals surface area (Å²) in [5, 5.41) is 3.02. The monoisotopic (exact) mass is 354 g/mol. The smallest absolute Gasteiger partial charge is 0.225 e. The number of carbonyl (C=O) groups excluding carboxylic acids is 2. The van der Waals surface area contributed by atoms with Gasteiger partial charge in [-0.25, -0.2) is 0 Å². The highest BCUT2D eigenvalue weighted by Gasteiger charge is 2.37. The minimum absolute atomic E-state index is 0. The predicted octanol–water partition coefficient (Wildman–Crippen LogP) is 0.0936. The van der Waals surface area contributed by atoms with Crippen molar-refractivity contribution in [3.8, 4) is 0 Å². The van der Waals surface area contributed by atoms with Crippen molar-refractivity contribution >= 4 is 36.6 Å². The van der Waals surface area contributed by atoms with Gasteiger partial charge in [-0.1, -0.05) is 0 Å². The molecule has 2 amide bonds. The average molecular weight is 355 g/mol. The average Bonchev–Trinajstić information content (AvgIpc) is 3.17. The number of hydrogen-bond donors (Lipinski definition) is 2. The SMILES string of the molecule is CN(C)CCN1CC(C(=O)NC(CN)C2CC2)CC1=O.Cl.Cl. The van der Waals surface area contributed by atoms with E-state index in [1.54, 1.807) is 4.90 Å². The van der Waals surface area contributed by atoms with Gasteiger partial charge in [0.05, 0.1) is 5.92 Å². The summed E-state index contributed by atoms with van der Waals surface area (Å²) < 4.78 is 0. The lowest BCUT2D eigenvalue weighted by molar-refractivity contribution is -0.129. The van der Waals surface area contributed by atoms with Crippen LogP contribution in [-0.2, 0) is 9.59 Å². The highest BCUT2D eigenvalue weighted by molar-refractivity contribution is 5.89. The molecule has 1 heterocycles. The summed E-state index contributed by atoms with van der Waals surface area (Å²) in [6.07, 6.45) is 2.64. The fourth-order valence-corrected chi connectivity index (χ4v) is 2.65. The Morgan fingerprint density at radius 1 is 1.41 bits per heavy atom. The van der Waals surface area contributed by atoms with Crippen LogP contribution in [0, 0.1) is 11.8 Å². The quantitative estimate of drug-likeness (QED) is 0.679. The molecule has 0 spiro atoms. The third-order valence-corrected chi connectivity index (χ3v) is 4.18. The standard InChI is InChI=1S/C14H26N4O2.2ClH/c1-17(2)5-6-18-9-11(7-13(18)19)14(20)16-12(8-15)10-3-4-10;;/h10-12H,3-9,15H2,1-2H3,(H,16,20);2*1H. The lowest BCUT2D eigenvalue weighted by Crippen LogP contribution is -2.45. The molecule has 2 fully saturated rings. The number of nitrogens with one attached hydrogen (secondary N) is 1. The first-order chi connectivity index (χ1) is 9.51. The van der Waals surface area contributed by atoms with Gasteiger partial charge in [0.25, 0.3) is 0 Å². The molecule has 0 radical (unpaired) electrons.